The summed E-state index contributed by atoms with van der Waals surface area (Å²) in [4.78, 5) is 4.45. The molecule has 0 bridgehead atoms. The van der Waals surface area contributed by atoms with Crippen molar-refractivity contribution < 1.29 is 22.6 Å². The summed E-state index contributed by atoms with van der Waals surface area (Å²) in [5.41, 5.74) is 20.1. The van der Waals surface area contributed by atoms with Gasteiger partial charge >= 0.3 is 0 Å². The Morgan fingerprint density at radius 2 is 0.536 bits per heavy atom. The number of para-hydroxylation sites is 1. The molecule has 16 rings (SSSR count). The molecule has 0 heterocycles. The lowest BCUT2D eigenvalue weighted by molar-refractivity contribution is 0.482. The van der Waals surface area contributed by atoms with Crippen LogP contribution in [0, 0.1) is 17.5 Å². The van der Waals surface area contributed by atoms with Gasteiger partial charge in [-0.2, -0.15) is 0 Å². The maximum Gasteiger partial charge on any atom is 0.127 e. The third-order valence-electron chi connectivity index (χ3n) is 19.1. The molecule has 14 aromatic rings. The zero-order valence-corrected chi connectivity index (χ0v) is 52.7. The van der Waals surface area contributed by atoms with E-state index in [0.29, 0.717) is 17.2 Å². The van der Waals surface area contributed by atoms with Crippen LogP contribution in [0.3, 0.4) is 0 Å². The van der Waals surface area contributed by atoms with Crippen molar-refractivity contribution in [3.63, 3.8) is 0 Å². The lowest BCUT2D eigenvalue weighted by Gasteiger charge is -2.35. The molecule has 0 aromatic heterocycles. The van der Waals surface area contributed by atoms with Gasteiger partial charge in [0.25, 0.3) is 0 Å². The molecule has 0 radical (unpaired) electrons. The average Bonchev–Trinajstić information content (AvgIpc) is 1.57. The first-order valence-electron chi connectivity index (χ1n) is 32.3. The van der Waals surface area contributed by atoms with Gasteiger partial charge in [0.05, 0.1) is 10.8 Å². The molecule has 464 valence electrons. The lowest BCUT2D eigenvalue weighted by atomic mass is 9.67. The van der Waals surface area contributed by atoms with Gasteiger partial charge < -0.3 is 19.3 Å². The van der Waals surface area contributed by atoms with Gasteiger partial charge in [0.1, 0.15) is 40.4 Å². The van der Waals surface area contributed by atoms with Gasteiger partial charge in [0, 0.05) is 34.1 Å². The normalized spacial score (nSPS) is 14.7. The van der Waals surface area contributed by atoms with E-state index in [1.54, 1.807) is 30.3 Å². The highest BCUT2D eigenvalue weighted by molar-refractivity contribution is 5.92. The lowest BCUT2D eigenvalue weighted by Crippen LogP contribution is -2.28. The van der Waals surface area contributed by atoms with Gasteiger partial charge in [0.15, 0.2) is 0 Å². The molecule has 2 aliphatic rings. The molecule has 2 aliphatic carbocycles. The Labute approximate surface area is 562 Å². The summed E-state index contributed by atoms with van der Waals surface area (Å²) in [6.45, 7) is 7.78. The maximum absolute atomic E-state index is 15.1. The summed E-state index contributed by atoms with van der Waals surface area (Å²) in [7, 11) is 0. The molecule has 0 amide bonds. The second-order valence-electron chi connectivity index (χ2n) is 24.4. The van der Waals surface area contributed by atoms with Crippen LogP contribution in [0.5, 0.6) is 23.0 Å². The number of ether oxygens (including phenoxy) is 2. The minimum absolute atomic E-state index is 0.306. The minimum atomic E-state index is -0.884. The Balaban J connectivity index is 0.759. The van der Waals surface area contributed by atoms with Crippen molar-refractivity contribution in [2.24, 2.45) is 0 Å². The Morgan fingerprint density at radius 1 is 0.258 bits per heavy atom. The van der Waals surface area contributed by atoms with E-state index < -0.39 is 10.8 Å². The van der Waals surface area contributed by atoms with Crippen molar-refractivity contribution in [3.05, 3.63) is 420 Å². The number of nitrogens with zero attached hydrogens (tertiary/aromatic N) is 2. The minimum Gasteiger partial charge on any atom is -0.457 e. The first kappa shape index (κ1) is 59.6. The fraction of sp³-hybridized carbons (Fsp3) is 0.0222. The Hall–Kier alpha value is -12.5. The maximum atomic E-state index is 15.1. The number of rotatable bonds is 17. The highest BCUT2D eigenvalue weighted by Gasteiger charge is 2.48. The molecule has 0 saturated heterocycles. The van der Waals surface area contributed by atoms with E-state index >= 15 is 8.78 Å². The van der Waals surface area contributed by atoms with E-state index in [-0.39, 0.29) is 17.5 Å². The van der Waals surface area contributed by atoms with Gasteiger partial charge in [-0.15, -0.1) is 0 Å². The van der Waals surface area contributed by atoms with Crippen LogP contribution in [0.15, 0.2) is 347 Å². The average molecular weight is 1260 g/mol. The van der Waals surface area contributed by atoms with Crippen LogP contribution in [-0.4, -0.2) is 0 Å². The molecular formula is C90H61F3N2O2. The molecule has 0 spiro atoms. The van der Waals surface area contributed by atoms with Gasteiger partial charge in [-0.3, -0.25) is 0 Å². The van der Waals surface area contributed by atoms with Crippen molar-refractivity contribution >= 4 is 46.3 Å². The summed E-state index contributed by atoms with van der Waals surface area (Å²) >= 11 is 0. The highest BCUT2D eigenvalue weighted by Crippen LogP contribution is 2.60. The van der Waals surface area contributed by atoms with Gasteiger partial charge in [-0.25, -0.2) is 13.2 Å². The quantitative estimate of drug-likeness (QED) is 0.0907. The van der Waals surface area contributed by atoms with Crippen LogP contribution in [0.1, 0.15) is 55.6 Å². The predicted octanol–water partition coefficient (Wildman–Crippen LogP) is 24.3. The van der Waals surface area contributed by atoms with Crippen LogP contribution in [0.4, 0.5) is 47.3 Å². The van der Waals surface area contributed by atoms with Crippen LogP contribution >= 0.6 is 0 Å². The molecule has 4 nitrogen and oxygen atoms in total. The first-order valence-corrected chi connectivity index (χ1v) is 32.3. The highest BCUT2D eigenvalue weighted by atomic mass is 19.1. The van der Waals surface area contributed by atoms with E-state index in [0.717, 1.165) is 129 Å². The smallest absolute Gasteiger partial charge is 0.127 e. The largest absolute Gasteiger partial charge is 0.457 e. The van der Waals surface area contributed by atoms with E-state index in [9.17, 15) is 4.39 Å². The van der Waals surface area contributed by atoms with Crippen LogP contribution in [-0.2, 0) is 10.8 Å². The van der Waals surface area contributed by atoms with Crippen LogP contribution in [0.2, 0.25) is 0 Å². The Kier molecular flexibility index (Phi) is 15.2. The monoisotopic (exact) mass is 1260 g/mol. The van der Waals surface area contributed by atoms with Gasteiger partial charge in [0.2, 0.25) is 0 Å². The van der Waals surface area contributed by atoms with E-state index in [1.165, 1.54) is 24.3 Å². The van der Waals surface area contributed by atoms with Crippen molar-refractivity contribution in [1.29, 1.82) is 0 Å². The second-order valence-corrected chi connectivity index (χ2v) is 24.4. The molecular weight excluding hydrogens is 1200 g/mol. The fourth-order valence-corrected chi connectivity index (χ4v) is 14.6. The molecule has 2 unspecified atom stereocenters. The van der Waals surface area contributed by atoms with E-state index in [1.807, 2.05) is 109 Å². The fourth-order valence-electron chi connectivity index (χ4n) is 14.6. The van der Waals surface area contributed by atoms with Gasteiger partial charge in [-0.1, -0.05) is 201 Å². The van der Waals surface area contributed by atoms with Gasteiger partial charge in [-0.05, 0) is 247 Å². The number of hydrogen-bond acceptors (Lipinski definition) is 4. The predicted molar refractivity (Wildman–Crippen MR) is 389 cm³/mol. The van der Waals surface area contributed by atoms with E-state index in [2.05, 4.69) is 205 Å². The summed E-state index contributed by atoms with van der Waals surface area (Å²) in [6, 6.07) is 110. The third-order valence-corrected chi connectivity index (χ3v) is 19.1. The molecule has 7 heteroatoms. The molecule has 97 heavy (non-hydrogen) atoms. The molecule has 0 aliphatic heterocycles. The van der Waals surface area contributed by atoms with E-state index in [4.69, 9.17) is 9.47 Å². The van der Waals surface area contributed by atoms with Crippen LogP contribution in [0.25, 0.3) is 45.5 Å². The van der Waals surface area contributed by atoms with Crippen molar-refractivity contribution in [2.45, 2.75) is 10.8 Å². The Morgan fingerprint density at radius 3 is 0.897 bits per heavy atom. The molecule has 0 N–H and O–H groups in total. The van der Waals surface area contributed by atoms with Crippen molar-refractivity contribution in [2.75, 3.05) is 9.80 Å². The molecule has 0 fully saturated rings. The van der Waals surface area contributed by atoms with Crippen LogP contribution < -0.4 is 19.3 Å². The summed E-state index contributed by atoms with van der Waals surface area (Å²) in [5.74, 6) is 1.82. The summed E-state index contributed by atoms with van der Waals surface area (Å²) in [6.07, 6.45) is 3.61. The standard InChI is InChI=1S/C90H61F3N2O2/c1-3-60-18-48-77(49-19-60)96-79-52-30-66(31-53-79)89(64-26-34-68(91)35-27-64)85-16-10-8-14-81(85)83-56-46-75(58-87(83)89)94(71-12-6-5-7-13-71)72-40-22-62(23-41-72)63-24-42-73(43-25-63)95(74-44-38-70(93)39-45-74)76-47-57-84-82-15-9-11-17-86(82)90(88(84)59-76,65-28-36-69(92)37-29-65)67-32-54-80(55-33-67)97-78-50-20-61(4-2)21-51-78/h3-59H,1-2H2. The number of fused-ring (bicyclic) bond motifs is 6. The number of halogens is 3. The third kappa shape index (κ3) is 10.5. The SMILES string of the molecule is C=Cc1ccc(Oc2ccc(C3(c4ccc(F)cc4)c4ccccc4-c4ccc(N(c5ccccc5)c5ccc(-c6ccc(N(c7ccc(F)cc7)c7ccc8c(c7)C(c7ccc(F)cc7)(c7ccc(Oc9ccc(C=C)cc9)cc7)c7ccccc7-8)cc6)cc5)cc43)cc2)cc1. The topological polar surface area (TPSA) is 24.9 Å². The zero-order chi connectivity index (χ0) is 65.6. The zero-order valence-electron chi connectivity index (χ0n) is 52.7. The number of hydrogen-bond donors (Lipinski definition) is 0. The molecule has 14 aromatic carbocycles. The first-order chi connectivity index (χ1) is 47.7. The summed E-state index contributed by atoms with van der Waals surface area (Å²) in [5, 5.41) is 0. The van der Waals surface area contributed by atoms with Crippen molar-refractivity contribution in [1.82, 2.24) is 0 Å². The Bertz CT molecular complexity index is 5240. The number of benzene rings is 14. The molecule has 2 atom stereocenters. The second kappa shape index (κ2) is 24.8. The van der Waals surface area contributed by atoms with Crippen molar-refractivity contribution in [3.8, 4) is 56.4 Å². The summed E-state index contributed by atoms with van der Waals surface area (Å²) < 4.78 is 57.9. The number of anilines is 6. The molecule has 0 saturated carbocycles.